The quantitative estimate of drug-likeness (QED) is 0.749. The fraction of sp³-hybridized carbons (Fsp3) is 0.417. The molecule has 0 heterocycles. The number of benzene rings is 1. The molecule has 0 fully saturated rings. The molecule has 0 N–H and O–H groups in total. The molecule has 0 aromatic heterocycles. The second kappa shape index (κ2) is 4.74. The van der Waals surface area contributed by atoms with E-state index >= 15 is 0 Å². The van der Waals surface area contributed by atoms with Crippen molar-refractivity contribution in [2.24, 2.45) is 0 Å². The number of aldehydes is 1. The summed E-state index contributed by atoms with van der Waals surface area (Å²) in [6, 6.07) is 7.92. The molecule has 14 heavy (non-hydrogen) atoms. The second-order valence-corrected chi connectivity index (χ2v) is 4.62. The number of carbonyl (C=O) groups is 1. The first-order chi connectivity index (χ1) is 6.64. The Bertz CT molecular complexity index is 322. The number of carbonyl (C=O) groups excluding carboxylic acids is 1. The summed E-state index contributed by atoms with van der Waals surface area (Å²) < 4.78 is 1.02. The van der Waals surface area contributed by atoms with E-state index in [0.717, 1.165) is 29.2 Å². The van der Waals surface area contributed by atoms with Gasteiger partial charge in [0.1, 0.15) is 6.29 Å². The van der Waals surface area contributed by atoms with Gasteiger partial charge in [-0.2, -0.15) is 0 Å². The predicted octanol–water partition coefficient (Wildman–Crippen LogP) is 3.71. The van der Waals surface area contributed by atoms with E-state index < -0.39 is 0 Å². The van der Waals surface area contributed by atoms with E-state index in [-0.39, 0.29) is 5.41 Å². The summed E-state index contributed by atoms with van der Waals surface area (Å²) in [6.45, 7) is 4.09. The van der Waals surface area contributed by atoms with E-state index in [9.17, 15) is 4.79 Å². The number of rotatable bonds is 4. The highest BCUT2D eigenvalue weighted by Gasteiger charge is 2.26. The van der Waals surface area contributed by atoms with Crippen LogP contribution in [0.15, 0.2) is 28.7 Å². The molecule has 1 unspecified atom stereocenters. The lowest BCUT2D eigenvalue weighted by Gasteiger charge is -2.24. The van der Waals surface area contributed by atoms with Crippen molar-refractivity contribution in [2.75, 3.05) is 0 Å². The number of hydrogen-bond acceptors (Lipinski definition) is 1. The Hall–Kier alpha value is -0.630. The fourth-order valence-electron chi connectivity index (χ4n) is 1.70. The molecule has 0 aliphatic rings. The Morgan fingerprint density at radius 3 is 2.57 bits per heavy atom. The fourth-order valence-corrected chi connectivity index (χ4v) is 2.44. The minimum Gasteiger partial charge on any atom is -0.302 e. The van der Waals surface area contributed by atoms with Crippen molar-refractivity contribution in [3.05, 3.63) is 34.3 Å². The molecule has 76 valence electrons. The monoisotopic (exact) mass is 254 g/mol. The summed E-state index contributed by atoms with van der Waals surface area (Å²) >= 11 is 3.48. The average molecular weight is 255 g/mol. The summed E-state index contributed by atoms with van der Waals surface area (Å²) in [4.78, 5) is 11.1. The molecule has 1 rings (SSSR count). The molecular formula is C12H15BrO. The molecule has 0 radical (unpaired) electrons. The molecule has 0 aliphatic heterocycles. The molecule has 1 aromatic rings. The second-order valence-electron chi connectivity index (χ2n) is 3.77. The van der Waals surface area contributed by atoms with Gasteiger partial charge in [0.2, 0.25) is 0 Å². The van der Waals surface area contributed by atoms with Crippen molar-refractivity contribution in [2.45, 2.75) is 32.1 Å². The van der Waals surface area contributed by atoms with Gasteiger partial charge in [-0.15, -0.1) is 0 Å². The molecule has 0 bridgehead atoms. The molecule has 0 saturated carbocycles. The molecule has 2 heteroatoms. The Morgan fingerprint density at radius 1 is 1.43 bits per heavy atom. The van der Waals surface area contributed by atoms with Crippen molar-refractivity contribution < 1.29 is 4.79 Å². The van der Waals surface area contributed by atoms with E-state index in [1.165, 1.54) is 0 Å². The third-order valence-electron chi connectivity index (χ3n) is 2.52. The Kier molecular flexibility index (Phi) is 3.87. The minimum atomic E-state index is -0.352. The standard InChI is InChI=1S/C12H15BrO/c1-3-8-12(2,9-14)10-6-4-5-7-11(10)13/h4-7,9H,3,8H2,1-2H3. The van der Waals surface area contributed by atoms with Crippen LogP contribution in [0.5, 0.6) is 0 Å². The van der Waals surface area contributed by atoms with Gasteiger partial charge < -0.3 is 4.79 Å². The van der Waals surface area contributed by atoms with Crippen molar-refractivity contribution in [1.29, 1.82) is 0 Å². The normalized spacial score (nSPS) is 14.8. The van der Waals surface area contributed by atoms with Crippen LogP contribution in [0.2, 0.25) is 0 Å². The van der Waals surface area contributed by atoms with Gasteiger partial charge in [0.15, 0.2) is 0 Å². The summed E-state index contributed by atoms with van der Waals surface area (Å²) in [6.07, 6.45) is 2.95. The molecule has 1 nitrogen and oxygen atoms in total. The third-order valence-corrected chi connectivity index (χ3v) is 3.21. The van der Waals surface area contributed by atoms with Crippen LogP contribution < -0.4 is 0 Å². The summed E-state index contributed by atoms with van der Waals surface area (Å²) in [7, 11) is 0. The number of halogens is 1. The summed E-state index contributed by atoms with van der Waals surface area (Å²) in [5.41, 5.74) is 0.728. The van der Waals surface area contributed by atoms with Gasteiger partial charge in [-0.1, -0.05) is 47.5 Å². The van der Waals surface area contributed by atoms with E-state index in [1.807, 2.05) is 31.2 Å². The highest BCUT2D eigenvalue weighted by molar-refractivity contribution is 9.10. The van der Waals surface area contributed by atoms with Crippen LogP contribution in [0, 0.1) is 0 Å². The maximum absolute atomic E-state index is 11.1. The van der Waals surface area contributed by atoms with Crippen molar-refractivity contribution in [3.8, 4) is 0 Å². The lowest BCUT2D eigenvalue weighted by atomic mass is 9.80. The van der Waals surface area contributed by atoms with Gasteiger partial charge in [0, 0.05) is 9.89 Å². The molecular weight excluding hydrogens is 240 g/mol. The van der Waals surface area contributed by atoms with Gasteiger partial charge >= 0.3 is 0 Å². The lowest BCUT2D eigenvalue weighted by Crippen LogP contribution is -2.23. The summed E-state index contributed by atoms with van der Waals surface area (Å²) in [5, 5.41) is 0. The van der Waals surface area contributed by atoms with E-state index in [1.54, 1.807) is 0 Å². The lowest BCUT2D eigenvalue weighted by molar-refractivity contribution is -0.112. The van der Waals surface area contributed by atoms with Gasteiger partial charge in [0.05, 0.1) is 0 Å². The van der Waals surface area contributed by atoms with Crippen LogP contribution in [0.25, 0.3) is 0 Å². The molecule has 1 atom stereocenters. The molecule has 1 aromatic carbocycles. The van der Waals surface area contributed by atoms with Gasteiger partial charge in [-0.3, -0.25) is 0 Å². The third kappa shape index (κ3) is 2.24. The Labute approximate surface area is 93.7 Å². The molecule has 0 spiro atoms. The zero-order chi connectivity index (χ0) is 10.6. The summed E-state index contributed by atoms with van der Waals surface area (Å²) in [5.74, 6) is 0. The van der Waals surface area contributed by atoms with Crippen LogP contribution in [-0.2, 0) is 10.2 Å². The Morgan fingerprint density at radius 2 is 2.07 bits per heavy atom. The van der Waals surface area contributed by atoms with E-state index in [0.29, 0.717) is 0 Å². The largest absolute Gasteiger partial charge is 0.302 e. The smallest absolute Gasteiger partial charge is 0.130 e. The topological polar surface area (TPSA) is 17.1 Å². The van der Waals surface area contributed by atoms with Crippen LogP contribution in [0.3, 0.4) is 0 Å². The maximum atomic E-state index is 11.1. The zero-order valence-electron chi connectivity index (χ0n) is 8.59. The van der Waals surface area contributed by atoms with Crippen LogP contribution in [-0.4, -0.2) is 6.29 Å². The predicted molar refractivity (Wildman–Crippen MR) is 62.5 cm³/mol. The van der Waals surface area contributed by atoms with E-state index in [2.05, 4.69) is 22.9 Å². The first kappa shape index (κ1) is 11.4. The SMILES string of the molecule is CCCC(C)(C=O)c1ccccc1Br. The maximum Gasteiger partial charge on any atom is 0.130 e. The van der Waals surface area contributed by atoms with Crippen molar-refractivity contribution >= 4 is 22.2 Å². The minimum absolute atomic E-state index is 0.352. The van der Waals surface area contributed by atoms with Gasteiger partial charge in [-0.05, 0) is 25.0 Å². The number of hydrogen-bond donors (Lipinski definition) is 0. The van der Waals surface area contributed by atoms with E-state index in [4.69, 9.17) is 0 Å². The zero-order valence-corrected chi connectivity index (χ0v) is 10.2. The highest BCUT2D eigenvalue weighted by Crippen LogP contribution is 2.32. The molecule has 0 saturated heterocycles. The Balaban J connectivity index is 3.12. The highest BCUT2D eigenvalue weighted by atomic mass is 79.9. The molecule has 0 amide bonds. The first-order valence-corrected chi connectivity index (χ1v) is 5.64. The van der Waals surface area contributed by atoms with Crippen LogP contribution in [0.4, 0.5) is 0 Å². The van der Waals surface area contributed by atoms with Gasteiger partial charge in [0.25, 0.3) is 0 Å². The first-order valence-electron chi connectivity index (χ1n) is 4.85. The van der Waals surface area contributed by atoms with Crippen molar-refractivity contribution in [3.63, 3.8) is 0 Å². The molecule has 0 aliphatic carbocycles. The van der Waals surface area contributed by atoms with Crippen LogP contribution >= 0.6 is 15.9 Å². The van der Waals surface area contributed by atoms with Crippen molar-refractivity contribution in [1.82, 2.24) is 0 Å². The van der Waals surface area contributed by atoms with Gasteiger partial charge in [-0.25, -0.2) is 0 Å². The average Bonchev–Trinajstić information content (AvgIpc) is 2.18. The van der Waals surface area contributed by atoms with Crippen LogP contribution in [0.1, 0.15) is 32.3 Å².